The summed E-state index contributed by atoms with van der Waals surface area (Å²) in [5.74, 6) is -0.0746. The van der Waals surface area contributed by atoms with Crippen LogP contribution in [0, 0.1) is 6.92 Å². The highest BCUT2D eigenvalue weighted by Crippen LogP contribution is 2.24. The van der Waals surface area contributed by atoms with E-state index >= 15 is 0 Å². The molecule has 4 nitrogen and oxygen atoms in total. The van der Waals surface area contributed by atoms with Crippen LogP contribution < -0.4 is 10.6 Å². The Labute approximate surface area is 145 Å². The summed E-state index contributed by atoms with van der Waals surface area (Å²) >= 11 is 1.65. The van der Waals surface area contributed by atoms with Crippen LogP contribution in [0.25, 0.3) is 10.6 Å². The van der Waals surface area contributed by atoms with Crippen molar-refractivity contribution in [3.63, 3.8) is 0 Å². The Morgan fingerprint density at radius 1 is 1.12 bits per heavy atom. The molecule has 2 N–H and O–H groups in total. The third-order valence-corrected chi connectivity index (χ3v) is 4.45. The first-order chi connectivity index (χ1) is 11.6. The van der Waals surface area contributed by atoms with Crippen LogP contribution in [-0.2, 0) is 11.3 Å². The lowest BCUT2D eigenvalue weighted by molar-refractivity contribution is -0.114. The van der Waals surface area contributed by atoms with Gasteiger partial charge in [-0.15, -0.1) is 11.3 Å². The third-order valence-electron chi connectivity index (χ3n) is 3.51. The van der Waals surface area contributed by atoms with E-state index in [4.69, 9.17) is 0 Å². The number of aromatic nitrogens is 1. The van der Waals surface area contributed by atoms with E-state index in [2.05, 4.69) is 52.2 Å². The number of carbonyl (C=O) groups is 1. The Hall–Kier alpha value is -2.66. The molecule has 0 saturated heterocycles. The van der Waals surface area contributed by atoms with Crippen molar-refractivity contribution >= 4 is 28.6 Å². The maximum absolute atomic E-state index is 11.1. The van der Waals surface area contributed by atoms with Gasteiger partial charge in [0.1, 0.15) is 5.01 Å². The Morgan fingerprint density at radius 3 is 2.62 bits per heavy atom. The van der Waals surface area contributed by atoms with Crippen LogP contribution >= 0.6 is 11.3 Å². The number of rotatable bonds is 5. The fraction of sp³-hybridized carbons (Fsp3) is 0.158. The zero-order valence-corrected chi connectivity index (χ0v) is 14.5. The molecule has 1 amide bonds. The summed E-state index contributed by atoms with van der Waals surface area (Å²) in [6.45, 7) is 4.23. The molecule has 0 aliphatic carbocycles. The minimum absolute atomic E-state index is 0.0746. The molecule has 0 aliphatic rings. The summed E-state index contributed by atoms with van der Waals surface area (Å²) < 4.78 is 0. The first-order valence-corrected chi connectivity index (χ1v) is 8.61. The standard InChI is InChI=1S/C19H19N3OS/c1-13-6-8-15(9-7-13)19-22-18(12-24-19)11-20-16-4-3-5-17(10-16)21-14(2)23/h3-10,12,20H,11H2,1-2H3,(H,21,23). The Morgan fingerprint density at radius 2 is 1.88 bits per heavy atom. The molecule has 0 saturated carbocycles. The van der Waals surface area contributed by atoms with Crippen molar-refractivity contribution < 1.29 is 4.79 Å². The lowest BCUT2D eigenvalue weighted by Gasteiger charge is -2.07. The highest BCUT2D eigenvalue weighted by Gasteiger charge is 2.05. The van der Waals surface area contributed by atoms with E-state index in [0.29, 0.717) is 6.54 Å². The molecule has 3 aromatic rings. The lowest BCUT2D eigenvalue weighted by atomic mass is 10.2. The summed E-state index contributed by atoms with van der Waals surface area (Å²) in [6, 6.07) is 16.1. The van der Waals surface area contributed by atoms with Gasteiger partial charge < -0.3 is 10.6 Å². The monoisotopic (exact) mass is 337 g/mol. The molecular formula is C19H19N3OS. The molecule has 1 aromatic heterocycles. The number of hydrogen-bond acceptors (Lipinski definition) is 4. The zero-order chi connectivity index (χ0) is 16.9. The highest BCUT2D eigenvalue weighted by atomic mass is 32.1. The number of hydrogen-bond donors (Lipinski definition) is 2. The number of thiazole rings is 1. The van der Waals surface area contributed by atoms with Crippen molar-refractivity contribution in [3.05, 3.63) is 65.2 Å². The minimum atomic E-state index is -0.0746. The van der Waals surface area contributed by atoms with E-state index < -0.39 is 0 Å². The lowest BCUT2D eigenvalue weighted by Crippen LogP contribution is -2.06. The van der Waals surface area contributed by atoms with E-state index in [1.807, 2.05) is 24.3 Å². The smallest absolute Gasteiger partial charge is 0.221 e. The van der Waals surface area contributed by atoms with Gasteiger partial charge in [0.2, 0.25) is 5.91 Å². The van der Waals surface area contributed by atoms with E-state index in [1.165, 1.54) is 12.5 Å². The zero-order valence-electron chi connectivity index (χ0n) is 13.7. The predicted octanol–water partition coefficient (Wildman–Crippen LogP) is 4.69. The molecule has 122 valence electrons. The molecule has 5 heteroatoms. The SMILES string of the molecule is CC(=O)Nc1cccc(NCc2csc(-c3ccc(C)cc3)n2)c1. The van der Waals surface area contributed by atoms with Crippen molar-refractivity contribution in [2.24, 2.45) is 0 Å². The van der Waals surface area contributed by atoms with Crippen molar-refractivity contribution in [1.82, 2.24) is 4.98 Å². The van der Waals surface area contributed by atoms with E-state index in [1.54, 1.807) is 11.3 Å². The van der Waals surface area contributed by atoms with Gasteiger partial charge in [0.25, 0.3) is 0 Å². The average Bonchev–Trinajstić information content (AvgIpc) is 3.02. The summed E-state index contributed by atoms with van der Waals surface area (Å²) in [6.07, 6.45) is 0. The van der Waals surface area contributed by atoms with Gasteiger partial charge in [-0.25, -0.2) is 4.98 Å². The second-order valence-electron chi connectivity index (χ2n) is 5.63. The fourth-order valence-electron chi connectivity index (χ4n) is 2.32. The number of carbonyl (C=O) groups excluding carboxylic acids is 1. The van der Waals surface area contributed by atoms with E-state index in [-0.39, 0.29) is 5.91 Å². The topological polar surface area (TPSA) is 54.0 Å². The number of aryl methyl sites for hydroxylation is 1. The maximum Gasteiger partial charge on any atom is 0.221 e. The number of nitrogens with zero attached hydrogens (tertiary/aromatic N) is 1. The molecule has 24 heavy (non-hydrogen) atoms. The van der Waals surface area contributed by atoms with E-state index in [9.17, 15) is 4.79 Å². The van der Waals surface area contributed by atoms with Crippen molar-refractivity contribution in [1.29, 1.82) is 0 Å². The van der Waals surface area contributed by atoms with Gasteiger partial charge in [-0.3, -0.25) is 4.79 Å². The molecule has 0 fully saturated rings. The van der Waals surface area contributed by atoms with Crippen LogP contribution in [0.1, 0.15) is 18.2 Å². The van der Waals surface area contributed by atoms with Gasteiger partial charge in [-0.05, 0) is 25.1 Å². The first kappa shape index (κ1) is 16.2. The van der Waals surface area contributed by atoms with Crippen LogP contribution in [-0.4, -0.2) is 10.9 Å². The first-order valence-electron chi connectivity index (χ1n) is 7.73. The maximum atomic E-state index is 11.1. The Balaban J connectivity index is 1.65. The average molecular weight is 337 g/mol. The Kier molecular flexibility index (Phi) is 4.91. The molecule has 0 spiro atoms. The van der Waals surface area contributed by atoms with Gasteiger partial charge in [-0.1, -0.05) is 35.9 Å². The molecule has 0 bridgehead atoms. The van der Waals surface area contributed by atoms with Crippen LogP contribution in [0.5, 0.6) is 0 Å². The number of nitrogens with one attached hydrogen (secondary N) is 2. The van der Waals surface area contributed by atoms with Gasteiger partial charge in [0, 0.05) is 29.2 Å². The second kappa shape index (κ2) is 7.27. The molecule has 0 aliphatic heterocycles. The van der Waals surface area contributed by atoms with Crippen LogP contribution in [0.3, 0.4) is 0 Å². The molecule has 1 heterocycles. The van der Waals surface area contributed by atoms with Crippen molar-refractivity contribution in [2.45, 2.75) is 20.4 Å². The highest BCUT2D eigenvalue weighted by molar-refractivity contribution is 7.13. The minimum Gasteiger partial charge on any atom is -0.379 e. The normalized spacial score (nSPS) is 10.4. The third kappa shape index (κ3) is 4.20. The Bertz CT molecular complexity index is 840. The summed E-state index contributed by atoms with van der Waals surface area (Å²) in [7, 11) is 0. The quantitative estimate of drug-likeness (QED) is 0.710. The molecule has 2 aromatic carbocycles. The van der Waals surface area contributed by atoms with Gasteiger partial charge in [-0.2, -0.15) is 0 Å². The van der Waals surface area contributed by atoms with Crippen molar-refractivity contribution in [3.8, 4) is 10.6 Å². The fourth-order valence-corrected chi connectivity index (χ4v) is 3.15. The van der Waals surface area contributed by atoms with Crippen molar-refractivity contribution in [2.75, 3.05) is 10.6 Å². The second-order valence-corrected chi connectivity index (χ2v) is 6.48. The molecule has 0 radical (unpaired) electrons. The van der Waals surface area contributed by atoms with E-state index in [0.717, 1.165) is 27.6 Å². The summed E-state index contributed by atoms with van der Waals surface area (Å²) in [5.41, 5.74) is 5.12. The van der Waals surface area contributed by atoms with Gasteiger partial charge >= 0.3 is 0 Å². The molecule has 0 unspecified atom stereocenters. The van der Waals surface area contributed by atoms with Crippen LogP contribution in [0.15, 0.2) is 53.9 Å². The van der Waals surface area contributed by atoms with Gasteiger partial charge in [0.15, 0.2) is 0 Å². The number of anilines is 2. The molecule has 3 rings (SSSR count). The molecular weight excluding hydrogens is 318 g/mol. The largest absolute Gasteiger partial charge is 0.379 e. The molecule has 0 atom stereocenters. The number of amides is 1. The summed E-state index contributed by atoms with van der Waals surface area (Å²) in [5, 5.41) is 9.22. The number of benzene rings is 2. The predicted molar refractivity (Wildman–Crippen MR) is 100 cm³/mol. The van der Waals surface area contributed by atoms with Gasteiger partial charge in [0.05, 0.1) is 12.2 Å². The van der Waals surface area contributed by atoms with Crippen LogP contribution in [0.4, 0.5) is 11.4 Å². The summed E-state index contributed by atoms with van der Waals surface area (Å²) in [4.78, 5) is 15.8. The van der Waals surface area contributed by atoms with Crippen LogP contribution in [0.2, 0.25) is 0 Å².